The maximum atomic E-state index is 6.57. The van der Waals surface area contributed by atoms with Gasteiger partial charge in [-0.2, -0.15) is 0 Å². The SMILES string of the molecule is CC(C)(C)[Si](C)(C)OC1COC2C(O[Si](C)(C)C(C)(C)C)COC12. The Morgan fingerprint density at radius 2 is 0.958 bits per heavy atom. The van der Waals surface area contributed by atoms with Crippen molar-refractivity contribution in [3.05, 3.63) is 0 Å². The molecule has 0 radical (unpaired) electrons. The fraction of sp³-hybridized carbons (Fsp3) is 1.00. The quantitative estimate of drug-likeness (QED) is 0.676. The molecule has 2 rings (SSSR count). The average molecular weight is 375 g/mol. The Morgan fingerprint density at radius 3 is 1.21 bits per heavy atom. The van der Waals surface area contributed by atoms with E-state index in [1.165, 1.54) is 0 Å². The van der Waals surface area contributed by atoms with Gasteiger partial charge in [0, 0.05) is 0 Å². The van der Waals surface area contributed by atoms with Crippen molar-refractivity contribution >= 4 is 16.6 Å². The van der Waals surface area contributed by atoms with Gasteiger partial charge in [-0.15, -0.1) is 0 Å². The molecule has 0 aromatic heterocycles. The number of hydrogen-bond acceptors (Lipinski definition) is 4. The van der Waals surface area contributed by atoms with Crippen LogP contribution in [0.5, 0.6) is 0 Å². The molecule has 0 N–H and O–H groups in total. The maximum absolute atomic E-state index is 6.57. The van der Waals surface area contributed by atoms with Crippen LogP contribution in [0.1, 0.15) is 41.5 Å². The second-order valence-corrected chi connectivity index (χ2v) is 19.9. The van der Waals surface area contributed by atoms with Gasteiger partial charge in [0.15, 0.2) is 16.6 Å². The van der Waals surface area contributed by atoms with Crippen LogP contribution in [-0.2, 0) is 18.3 Å². The molecule has 0 amide bonds. The van der Waals surface area contributed by atoms with Crippen LogP contribution in [0.2, 0.25) is 36.3 Å². The third-order valence-corrected chi connectivity index (χ3v) is 15.5. The zero-order valence-corrected chi connectivity index (χ0v) is 19.4. The maximum Gasteiger partial charge on any atom is 0.192 e. The summed E-state index contributed by atoms with van der Waals surface area (Å²) < 4.78 is 25.3. The molecular weight excluding hydrogens is 336 g/mol. The summed E-state index contributed by atoms with van der Waals surface area (Å²) in [4.78, 5) is 0. The molecule has 4 nitrogen and oxygen atoms in total. The van der Waals surface area contributed by atoms with Crippen molar-refractivity contribution in [2.75, 3.05) is 13.2 Å². The summed E-state index contributed by atoms with van der Waals surface area (Å²) in [6, 6.07) is 0. The van der Waals surface area contributed by atoms with Gasteiger partial charge >= 0.3 is 0 Å². The Balaban J connectivity index is 2.02. The third kappa shape index (κ3) is 3.99. The highest BCUT2D eigenvalue weighted by Gasteiger charge is 2.53. The first-order valence-corrected chi connectivity index (χ1v) is 15.1. The van der Waals surface area contributed by atoms with Gasteiger partial charge in [-0.05, 0) is 36.3 Å². The minimum atomic E-state index is -1.82. The summed E-state index contributed by atoms with van der Waals surface area (Å²) in [5, 5.41) is 0.390. The van der Waals surface area contributed by atoms with Gasteiger partial charge in [0.25, 0.3) is 0 Å². The minimum absolute atomic E-state index is 0.0221. The van der Waals surface area contributed by atoms with Crippen LogP contribution in [0.3, 0.4) is 0 Å². The van der Waals surface area contributed by atoms with Gasteiger partial charge in [-0.1, -0.05) is 41.5 Å². The predicted octanol–water partition coefficient (Wildman–Crippen LogP) is 4.56. The normalized spacial score (nSPS) is 32.2. The van der Waals surface area contributed by atoms with E-state index in [0.717, 1.165) is 0 Å². The Bertz CT molecular complexity index is 409. The molecule has 142 valence electrons. The fourth-order valence-corrected chi connectivity index (χ4v) is 5.37. The highest BCUT2D eigenvalue weighted by Crippen LogP contribution is 2.42. The smallest absolute Gasteiger partial charge is 0.192 e. The summed E-state index contributed by atoms with van der Waals surface area (Å²) >= 11 is 0. The first kappa shape index (κ1) is 20.6. The van der Waals surface area contributed by atoms with Gasteiger partial charge in [0.2, 0.25) is 0 Å². The minimum Gasteiger partial charge on any atom is -0.409 e. The molecule has 2 fully saturated rings. The van der Waals surface area contributed by atoms with Crippen LogP contribution in [0, 0.1) is 0 Å². The van der Waals surface area contributed by atoms with Crippen molar-refractivity contribution < 1.29 is 18.3 Å². The number of ether oxygens (including phenoxy) is 2. The molecule has 0 bridgehead atoms. The summed E-state index contributed by atoms with van der Waals surface area (Å²) in [6.07, 6.45) is 0.135. The van der Waals surface area contributed by atoms with Crippen LogP contribution in [0.15, 0.2) is 0 Å². The highest BCUT2D eigenvalue weighted by atomic mass is 28.4. The molecule has 4 unspecified atom stereocenters. The molecule has 2 saturated heterocycles. The van der Waals surface area contributed by atoms with Gasteiger partial charge in [-0.25, -0.2) is 0 Å². The zero-order chi connectivity index (χ0) is 18.6. The largest absolute Gasteiger partial charge is 0.409 e. The van der Waals surface area contributed by atoms with Crippen molar-refractivity contribution in [1.82, 2.24) is 0 Å². The molecule has 0 aromatic carbocycles. The predicted molar refractivity (Wildman–Crippen MR) is 104 cm³/mol. The van der Waals surface area contributed by atoms with Gasteiger partial charge < -0.3 is 18.3 Å². The van der Waals surface area contributed by atoms with E-state index in [-0.39, 0.29) is 34.5 Å². The highest BCUT2D eigenvalue weighted by molar-refractivity contribution is 6.74. The first-order chi connectivity index (χ1) is 10.7. The summed E-state index contributed by atoms with van der Waals surface area (Å²) in [5.41, 5.74) is 0. The van der Waals surface area contributed by atoms with Crippen molar-refractivity contribution in [3.63, 3.8) is 0 Å². The lowest BCUT2D eigenvalue weighted by molar-refractivity contribution is 0.00982. The molecule has 0 aliphatic carbocycles. The molecule has 0 aromatic rings. The van der Waals surface area contributed by atoms with Gasteiger partial charge in [0.1, 0.15) is 12.2 Å². The van der Waals surface area contributed by atoms with Crippen molar-refractivity contribution in [2.45, 2.75) is 102 Å². The fourth-order valence-electron chi connectivity index (χ4n) is 2.74. The Labute approximate surface area is 150 Å². The van der Waals surface area contributed by atoms with Crippen LogP contribution < -0.4 is 0 Å². The van der Waals surface area contributed by atoms with Crippen LogP contribution >= 0.6 is 0 Å². The Morgan fingerprint density at radius 1 is 0.667 bits per heavy atom. The van der Waals surface area contributed by atoms with Gasteiger partial charge in [0.05, 0.1) is 25.4 Å². The Hall–Kier alpha value is 0.274. The van der Waals surface area contributed by atoms with E-state index in [1.54, 1.807) is 0 Å². The monoisotopic (exact) mass is 374 g/mol. The van der Waals surface area contributed by atoms with Crippen molar-refractivity contribution in [2.24, 2.45) is 0 Å². The lowest BCUT2D eigenvalue weighted by atomic mass is 10.1. The summed E-state index contributed by atoms with van der Waals surface area (Å²) in [5.74, 6) is 0. The van der Waals surface area contributed by atoms with Crippen molar-refractivity contribution in [1.29, 1.82) is 0 Å². The van der Waals surface area contributed by atoms with E-state index < -0.39 is 16.6 Å². The number of hydrogen-bond donors (Lipinski definition) is 0. The molecule has 0 saturated carbocycles. The zero-order valence-electron chi connectivity index (χ0n) is 17.4. The third-order valence-electron chi connectivity index (χ3n) is 6.47. The van der Waals surface area contributed by atoms with Crippen LogP contribution in [-0.4, -0.2) is 54.3 Å². The number of rotatable bonds is 4. The second-order valence-electron chi connectivity index (χ2n) is 10.4. The van der Waals surface area contributed by atoms with Crippen LogP contribution in [0.25, 0.3) is 0 Å². The van der Waals surface area contributed by atoms with E-state index in [9.17, 15) is 0 Å². The lowest BCUT2D eigenvalue weighted by Gasteiger charge is -2.39. The van der Waals surface area contributed by atoms with E-state index in [0.29, 0.717) is 13.2 Å². The van der Waals surface area contributed by atoms with E-state index in [4.69, 9.17) is 18.3 Å². The lowest BCUT2D eigenvalue weighted by Crippen LogP contribution is -2.48. The van der Waals surface area contributed by atoms with Crippen molar-refractivity contribution in [3.8, 4) is 0 Å². The molecule has 2 heterocycles. The van der Waals surface area contributed by atoms with E-state index in [2.05, 4.69) is 67.7 Å². The molecule has 24 heavy (non-hydrogen) atoms. The molecule has 0 spiro atoms. The molecule has 2 aliphatic rings. The average Bonchev–Trinajstić information content (AvgIpc) is 2.90. The first-order valence-electron chi connectivity index (χ1n) is 9.24. The summed E-state index contributed by atoms with van der Waals surface area (Å²) in [6.45, 7) is 24.0. The van der Waals surface area contributed by atoms with Gasteiger partial charge in [-0.3, -0.25) is 0 Å². The molecule has 2 aliphatic heterocycles. The van der Waals surface area contributed by atoms with E-state index in [1.807, 2.05) is 0 Å². The van der Waals surface area contributed by atoms with E-state index >= 15 is 0 Å². The second kappa shape index (κ2) is 6.46. The van der Waals surface area contributed by atoms with Crippen LogP contribution in [0.4, 0.5) is 0 Å². The Kier molecular flexibility index (Phi) is 5.54. The standard InChI is InChI=1S/C18H38O4Si2/c1-17(2,3)23(7,8)21-13-11-19-16-14(12-20-15(13)16)22-24(9,10)18(4,5)6/h13-16H,11-12H2,1-10H3. The number of fused-ring (bicyclic) bond motifs is 1. The molecular formula is C18H38O4Si2. The molecule has 6 heteroatoms. The topological polar surface area (TPSA) is 36.9 Å². The molecule has 4 atom stereocenters. The summed E-state index contributed by atoms with van der Waals surface area (Å²) in [7, 11) is -3.64.